The summed E-state index contributed by atoms with van der Waals surface area (Å²) in [6.07, 6.45) is 5.00. The number of nitrogens with zero attached hydrogens (tertiary/aromatic N) is 1. The Balaban J connectivity index is 1.45. The van der Waals surface area contributed by atoms with Gasteiger partial charge in [-0.2, -0.15) is 0 Å². The summed E-state index contributed by atoms with van der Waals surface area (Å²) in [6, 6.07) is 33.5. The van der Waals surface area contributed by atoms with Gasteiger partial charge in [0.1, 0.15) is 24.6 Å². The number of quaternary nitrogens is 1. The van der Waals surface area contributed by atoms with Gasteiger partial charge in [-0.3, -0.25) is 4.79 Å². The SMILES string of the molecule is C[N+](C)(C)CCCCCCc1c(-c2ccc(OCc3ccccc3)c(OCc3ccccc3)c2)oc2ccccc2c1=O. The fourth-order valence-corrected chi connectivity index (χ4v) is 5.23. The summed E-state index contributed by atoms with van der Waals surface area (Å²) in [7, 11) is 6.67. The zero-order valence-electron chi connectivity index (χ0n) is 25.6. The Morgan fingerprint density at radius 1 is 0.651 bits per heavy atom. The predicted molar refractivity (Wildman–Crippen MR) is 175 cm³/mol. The highest BCUT2D eigenvalue weighted by Crippen LogP contribution is 2.36. The van der Waals surface area contributed by atoms with Gasteiger partial charge < -0.3 is 18.4 Å². The molecule has 5 nitrogen and oxygen atoms in total. The second-order valence-electron chi connectivity index (χ2n) is 12.1. The third kappa shape index (κ3) is 8.36. The van der Waals surface area contributed by atoms with Gasteiger partial charge in [-0.05, 0) is 67.1 Å². The van der Waals surface area contributed by atoms with Crippen LogP contribution in [0.25, 0.3) is 22.3 Å². The van der Waals surface area contributed by atoms with Gasteiger partial charge in [-0.25, -0.2) is 0 Å². The molecular formula is C38H42NO4+. The van der Waals surface area contributed by atoms with Gasteiger partial charge in [-0.1, -0.05) is 79.2 Å². The van der Waals surface area contributed by atoms with Gasteiger partial charge >= 0.3 is 0 Å². The van der Waals surface area contributed by atoms with E-state index < -0.39 is 0 Å². The van der Waals surface area contributed by atoms with E-state index >= 15 is 0 Å². The Morgan fingerprint density at radius 3 is 1.93 bits per heavy atom. The van der Waals surface area contributed by atoms with Crippen LogP contribution in [0.3, 0.4) is 0 Å². The Hall–Kier alpha value is -4.35. The maximum atomic E-state index is 13.8. The monoisotopic (exact) mass is 576 g/mol. The lowest BCUT2D eigenvalue weighted by atomic mass is 9.99. The fraction of sp³-hybridized carbons (Fsp3) is 0.289. The number of ether oxygens (including phenoxy) is 2. The molecule has 0 fully saturated rings. The smallest absolute Gasteiger partial charge is 0.196 e. The van der Waals surface area contributed by atoms with E-state index in [0.29, 0.717) is 47.9 Å². The summed E-state index contributed by atoms with van der Waals surface area (Å²) in [4.78, 5) is 13.8. The third-order valence-corrected chi connectivity index (χ3v) is 7.58. The first-order chi connectivity index (χ1) is 20.9. The van der Waals surface area contributed by atoms with Crippen LogP contribution in [0.15, 0.2) is 112 Å². The van der Waals surface area contributed by atoms with Crippen molar-refractivity contribution in [2.45, 2.75) is 45.3 Å². The molecule has 1 heterocycles. The largest absolute Gasteiger partial charge is 0.485 e. The van der Waals surface area contributed by atoms with Crippen molar-refractivity contribution in [3.8, 4) is 22.8 Å². The van der Waals surface area contributed by atoms with Crippen LogP contribution in [0, 0.1) is 0 Å². The summed E-state index contributed by atoms with van der Waals surface area (Å²) >= 11 is 0. The van der Waals surface area contributed by atoms with E-state index in [0.717, 1.165) is 52.5 Å². The molecule has 1 aromatic heterocycles. The summed E-state index contributed by atoms with van der Waals surface area (Å²) in [5.74, 6) is 1.86. The molecule has 0 aliphatic heterocycles. The Bertz CT molecular complexity index is 1670. The molecule has 0 amide bonds. The zero-order valence-corrected chi connectivity index (χ0v) is 25.6. The topological polar surface area (TPSA) is 48.7 Å². The van der Waals surface area contributed by atoms with E-state index in [4.69, 9.17) is 13.9 Å². The van der Waals surface area contributed by atoms with E-state index in [2.05, 4.69) is 21.1 Å². The molecule has 43 heavy (non-hydrogen) atoms. The standard InChI is InChI=1S/C38H42NO4/c1-39(2,3)25-15-5-4-12-21-33-37(40)32-20-13-14-22-34(32)43-38(33)31-23-24-35(41-27-29-16-8-6-9-17-29)36(26-31)42-28-30-18-10-7-11-19-30/h6-11,13-14,16-20,22-24,26H,4-5,12,15,21,25,27-28H2,1-3H3/q+1. The number of para-hydroxylation sites is 1. The summed E-state index contributed by atoms with van der Waals surface area (Å²) < 4.78 is 20.0. The van der Waals surface area contributed by atoms with Crippen molar-refractivity contribution in [1.82, 2.24) is 0 Å². The van der Waals surface area contributed by atoms with Crippen LogP contribution in [0.4, 0.5) is 0 Å². The fourth-order valence-electron chi connectivity index (χ4n) is 5.23. The van der Waals surface area contributed by atoms with Crippen molar-refractivity contribution in [3.05, 3.63) is 130 Å². The van der Waals surface area contributed by atoms with E-state index in [-0.39, 0.29) is 5.43 Å². The molecule has 5 aromatic rings. The quantitative estimate of drug-likeness (QED) is 0.0983. The normalized spacial score (nSPS) is 11.5. The molecule has 0 radical (unpaired) electrons. The van der Waals surface area contributed by atoms with Crippen molar-refractivity contribution in [3.63, 3.8) is 0 Å². The van der Waals surface area contributed by atoms with E-state index in [9.17, 15) is 4.79 Å². The number of hydrogen-bond donors (Lipinski definition) is 0. The molecular weight excluding hydrogens is 534 g/mol. The number of rotatable bonds is 14. The molecule has 222 valence electrons. The lowest BCUT2D eigenvalue weighted by Crippen LogP contribution is -2.35. The highest BCUT2D eigenvalue weighted by atomic mass is 16.5. The second-order valence-corrected chi connectivity index (χ2v) is 12.1. The first-order valence-corrected chi connectivity index (χ1v) is 15.2. The maximum absolute atomic E-state index is 13.8. The maximum Gasteiger partial charge on any atom is 0.196 e. The van der Waals surface area contributed by atoms with Crippen LogP contribution in [0.2, 0.25) is 0 Å². The van der Waals surface area contributed by atoms with Crippen molar-refractivity contribution >= 4 is 11.0 Å². The molecule has 0 bridgehead atoms. The predicted octanol–water partition coefficient (Wildman–Crippen LogP) is 8.43. The van der Waals surface area contributed by atoms with Crippen molar-refractivity contribution < 1.29 is 18.4 Å². The molecule has 0 saturated heterocycles. The van der Waals surface area contributed by atoms with E-state index in [1.165, 1.54) is 6.42 Å². The molecule has 0 atom stereocenters. The molecule has 0 N–H and O–H groups in total. The number of benzene rings is 4. The highest BCUT2D eigenvalue weighted by Gasteiger charge is 2.18. The average Bonchev–Trinajstić information content (AvgIpc) is 3.02. The first-order valence-electron chi connectivity index (χ1n) is 15.2. The lowest BCUT2D eigenvalue weighted by Gasteiger charge is -2.23. The third-order valence-electron chi connectivity index (χ3n) is 7.58. The van der Waals surface area contributed by atoms with Crippen LogP contribution in [0.1, 0.15) is 42.4 Å². The van der Waals surface area contributed by atoms with E-state index in [1.807, 2.05) is 103 Å². The van der Waals surface area contributed by atoms with Gasteiger partial charge in [0.2, 0.25) is 0 Å². The lowest BCUT2D eigenvalue weighted by molar-refractivity contribution is -0.870. The van der Waals surface area contributed by atoms with Crippen LogP contribution < -0.4 is 14.9 Å². The van der Waals surface area contributed by atoms with Gasteiger partial charge in [0.05, 0.1) is 33.1 Å². The Morgan fingerprint density at radius 2 is 1.26 bits per heavy atom. The van der Waals surface area contributed by atoms with Crippen LogP contribution in [-0.2, 0) is 19.6 Å². The van der Waals surface area contributed by atoms with Gasteiger partial charge in [0, 0.05) is 11.1 Å². The molecule has 0 spiro atoms. The van der Waals surface area contributed by atoms with Crippen molar-refractivity contribution in [2.75, 3.05) is 27.7 Å². The highest BCUT2D eigenvalue weighted by molar-refractivity contribution is 5.80. The molecule has 0 saturated carbocycles. The Labute approximate surface area is 254 Å². The van der Waals surface area contributed by atoms with Gasteiger partial charge in [0.25, 0.3) is 0 Å². The zero-order chi connectivity index (χ0) is 30.1. The molecule has 4 aromatic carbocycles. The van der Waals surface area contributed by atoms with Crippen molar-refractivity contribution in [1.29, 1.82) is 0 Å². The van der Waals surface area contributed by atoms with Crippen LogP contribution in [0.5, 0.6) is 11.5 Å². The van der Waals surface area contributed by atoms with Crippen LogP contribution in [-0.4, -0.2) is 32.2 Å². The van der Waals surface area contributed by atoms with Crippen LogP contribution >= 0.6 is 0 Å². The molecule has 0 aliphatic carbocycles. The number of unbranched alkanes of at least 4 members (excludes halogenated alkanes) is 3. The van der Waals surface area contributed by atoms with Gasteiger partial charge in [0.15, 0.2) is 16.9 Å². The number of fused-ring (bicyclic) bond motifs is 1. The Kier molecular flexibility index (Phi) is 9.96. The molecule has 0 unspecified atom stereocenters. The van der Waals surface area contributed by atoms with Crippen molar-refractivity contribution in [2.24, 2.45) is 0 Å². The molecule has 5 heteroatoms. The minimum Gasteiger partial charge on any atom is -0.485 e. The first kappa shape index (κ1) is 30.1. The van der Waals surface area contributed by atoms with E-state index in [1.54, 1.807) is 0 Å². The summed E-state index contributed by atoms with van der Waals surface area (Å²) in [5, 5.41) is 0.620. The minimum atomic E-state index is 0.0411. The summed E-state index contributed by atoms with van der Waals surface area (Å²) in [5.41, 5.74) is 4.29. The minimum absolute atomic E-state index is 0.0411. The van der Waals surface area contributed by atoms with Gasteiger partial charge in [-0.15, -0.1) is 0 Å². The summed E-state index contributed by atoms with van der Waals surface area (Å²) in [6.45, 7) is 1.97. The molecule has 5 rings (SSSR count). The molecule has 0 aliphatic rings. The second kappa shape index (κ2) is 14.2. The number of hydrogen-bond acceptors (Lipinski definition) is 4. The average molecular weight is 577 g/mol.